The number of nitrogens with one attached hydrogen (secondary N) is 1. The fraction of sp³-hybridized carbons (Fsp3) is 0.304. The van der Waals surface area contributed by atoms with Crippen molar-refractivity contribution in [3.63, 3.8) is 0 Å². The van der Waals surface area contributed by atoms with E-state index in [4.69, 9.17) is 10.5 Å². The van der Waals surface area contributed by atoms with Crippen LogP contribution in [-0.2, 0) is 21.4 Å². The van der Waals surface area contributed by atoms with E-state index >= 15 is 0 Å². The van der Waals surface area contributed by atoms with Crippen LogP contribution in [0.25, 0.3) is 10.6 Å². The first-order valence-corrected chi connectivity index (χ1v) is 13.3. The van der Waals surface area contributed by atoms with Gasteiger partial charge in [0.2, 0.25) is 0 Å². The zero-order chi connectivity index (χ0) is 26.3. The number of aryl methyl sites for hydroxylation is 1. The number of carbonyl (C=O) groups is 1. The van der Waals surface area contributed by atoms with Crippen molar-refractivity contribution < 1.29 is 23.1 Å². The van der Waals surface area contributed by atoms with Gasteiger partial charge in [0.25, 0.3) is 21.5 Å². The maximum Gasteiger partial charge on any atom is 0.281 e. The van der Waals surface area contributed by atoms with Crippen LogP contribution < -0.4 is 20.8 Å². The number of ether oxygens (including phenoxy) is 1. The fourth-order valence-electron chi connectivity index (χ4n) is 3.43. The van der Waals surface area contributed by atoms with Gasteiger partial charge in [-0.05, 0) is 35.4 Å². The first-order valence-electron chi connectivity index (χ1n) is 10.9. The highest BCUT2D eigenvalue weighted by atomic mass is 32.2. The molecule has 1 aliphatic rings. The third kappa shape index (κ3) is 5.26. The molecule has 1 amide bonds. The third-order valence-electron chi connectivity index (χ3n) is 5.26. The molecule has 0 saturated heterocycles. The summed E-state index contributed by atoms with van der Waals surface area (Å²) in [6.45, 7) is 5.90. The number of aromatic nitrogens is 2. The second-order valence-corrected chi connectivity index (χ2v) is 11.9. The van der Waals surface area contributed by atoms with E-state index in [1.54, 1.807) is 17.5 Å². The number of aliphatic imine (C=N–C) groups is 1. The number of aromatic hydroxyl groups is 1. The summed E-state index contributed by atoms with van der Waals surface area (Å²) in [5.74, 6) is -1.40. The SMILES string of the molecule is CC(C)(C)CCn1nc(-c2cccs2)c(O)c(C2=Nc3ccc(OCC(N)=O)cc3S(=O)(=O)N2)c1=O. The number of nitrogens with zero attached hydrogens (tertiary/aromatic N) is 3. The zero-order valence-electron chi connectivity index (χ0n) is 19.8. The Bertz CT molecular complexity index is 1520. The minimum absolute atomic E-state index is 0.0321. The van der Waals surface area contributed by atoms with Crippen LogP contribution in [0.2, 0.25) is 0 Å². The lowest BCUT2D eigenvalue weighted by atomic mass is 9.92. The van der Waals surface area contributed by atoms with E-state index < -0.39 is 33.8 Å². The summed E-state index contributed by atoms with van der Waals surface area (Å²) in [5, 5.41) is 17.3. The lowest BCUT2D eigenvalue weighted by Crippen LogP contribution is -2.40. The Morgan fingerprint density at radius 1 is 1.28 bits per heavy atom. The molecule has 0 atom stereocenters. The molecule has 2 aromatic heterocycles. The molecule has 0 spiro atoms. The van der Waals surface area contributed by atoms with Gasteiger partial charge < -0.3 is 15.6 Å². The van der Waals surface area contributed by atoms with Gasteiger partial charge in [-0.3, -0.25) is 14.3 Å². The minimum Gasteiger partial charge on any atom is -0.505 e. The van der Waals surface area contributed by atoms with Crippen LogP contribution in [0, 0.1) is 5.41 Å². The second-order valence-electron chi connectivity index (χ2n) is 9.34. The van der Waals surface area contributed by atoms with E-state index in [2.05, 4.69) is 14.8 Å². The smallest absolute Gasteiger partial charge is 0.281 e. The molecule has 0 fully saturated rings. The number of benzene rings is 1. The normalized spacial score (nSPS) is 14.5. The van der Waals surface area contributed by atoms with Gasteiger partial charge in [-0.2, -0.15) is 5.10 Å². The molecule has 3 aromatic rings. The Hall–Kier alpha value is -3.71. The number of nitrogens with two attached hydrogens (primary N) is 1. The molecular weight excluding hydrogens is 506 g/mol. The van der Waals surface area contributed by atoms with Gasteiger partial charge in [-0.15, -0.1) is 11.3 Å². The molecule has 0 saturated carbocycles. The summed E-state index contributed by atoms with van der Waals surface area (Å²) in [4.78, 5) is 29.1. The number of primary amides is 1. The van der Waals surface area contributed by atoms with Crippen LogP contribution in [0.1, 0.15) is 32.8 Å². The number of fused-ring (bicyclic) bond motifs is 1. The molecule has 0 unspecified atom stereocenters. The van der Waals surface area contributed by atoms with Crippen molar-refractivity contribution in [1.29, 1.82) is 0 Å². The second kappa shape index (κ2) is 9.39. The van der Waals surface area contributed by atoms with Crippen molar-refractivity contribution in [1.82, 2.24) is 14.5 Å². The predicted molar refractivity (Wildman–Crippen MR) is 135 cm³/mol. The topological polar surface area (TPSA) is 166 Å². The lowest BCUT2D eigenvalue weighted by molar-refractivity contribution is -0.119. The van der Waals surface area contributed by atoms with Crippen LogP contribution >= 0.6 is 11.3 Å². The van der Waals surface area contributed by atoms with E-state index in [1.165, 1.54) is 34.2 Å². The number of carbonyl (C=O) groups excluding carboxylic acids is 1. The molecule has 1 aromatic carbocycles. The number of hydrogen-bond acceptors (Lipinski definition) is 9. The highest BCUT2D eigenvalue weighted by Crippen LogP contribution is 2.36. The zero-order valence-corrected chi connectivity index (χ0v) is 21.4. The standard InChI is InChI=1S/C23H25N5O6S2/c1-23(2,3)8-9-28-22(31)18(20(30)19(26-28)15-5-4-10-35-15)21-25-14-7-6-13(34-12-17(24)29)11-16(14)36(32,33)27-21/h4-7,10-11,30H,8-9,12H2,1-3H3,(H2,24,29)(H,25,27). The van der Waals surface area contributed by atoms with E-state index in [1.807, 2.05) is 20.8 Å². The van der Waals surface area contributed by atoms with E-state index in [9.17, 15) is 23.1 Å². The molecule has 4 N–H and O–H groups in total. The first-order chi connectivity index (χ1) is 16.9. The third-order valence-corrected chi connectivity index (χ3v) is 7.50. The number of amides is 1. The van der Waals surface area contributed by atoms with E-state index in [0.717, 1.165) is 0 Å². The van der Waals surface area contributed by atoms with Crippen LogP contribution in [-0.4, -0.2) is 41.7 Å². The van der Waals surface area contributed by atoms with E-state index in [0.29, 0.717) is 11.3 Å². The van der Waals surface area contributed by atoms with Crippen LogP contribution in [0.4, 0.5) is 5.69 Å². The summed E-state index contributed by atoms with van der Waals surface area (Å²) in [6.07, 6.45) is 0.614. The molecule has 3 heterocycles. The minimum atomic E-state index is -4.20. The molecular formula is C23H25N5O6S2. The summed E-state index contributed by atoms with van der Waals surface area (Å²) in [6, 6.07) is 7.52. The van der Waals surface area contributed by atoms with Gasteiger partial charge in [-0.1, -0.05) is 26.8 Å². The Labute approximate surface area is 211 Å². The summed E-state index contributed by atoms with van der Waals surface area (Å²) < 4.78 is 34.9. The Kier molecular flexibility index (Phi) is 6.62. The number of hydrogen-bond donors (Lipinski definition) is 3. The van der Waals surface area contributed by atoms with Gasteiger partial charge in [0.05, 0.1) is 10.6 Å². The predicted octanol–water partition coefficient (Wildman–Crippen LogP) is 2.35. The van der Waals surface area contributed by atoms with Gasteiger partial charge in [0.1, 0.15) is 21.9 Å². The van der Waals surface area contributed by atoms with Crippen molar-refractivity contribution in [3.8, 4) is 22.1 Å². The Morgan fingerprint density at radius 2 is 2.03 bits per heavy atom. The summed E-state index contributed by atoms with van der Waals surface area (Å²) in [7, 11) is -4.20. The quantitative estimate of drug-likeness (QED) is 0.421. The van der Waals surface area contributed by atoms with Crippen LogP contribution in [0.5, 0.6) is 11.5 Å². The molecule has 190 valence electrons. The van der Waals surface area contributed by atoms with Gasteiger partial charge >= 0.3 is 0 Å². The maximum absolute atomic E-state index is 13.4. The largest absolute Gasteiger partial charge is 0.505 e. The molecule has 0 aliphatic carbocycles. The van der Waals surface area contributed by atoms with Gasteiger partial charge in [0.15, 0.2) is 18.2 Å². The average Bonchev–Trinajstić information content (AvgIpc) is 3.31. The molecule has 11 nitrogen and oxygen atoms in total. The number of amidine groups is 1. The van der Waals surface area contributed by atoms with Crippen molar-refractivity contribution in [2.75, 3.05) is 6.61 Å². The van der Waals surface area contributed by atoms with Crippen molar-refractivity contribution >= 4 is 38.8 Å². The molecule has 13 heteroatoms. The monoisotopic (exact) mass is 531 g/mol. The molecule has 36 heavy (non-hydrogen) atoms. The number of sulfonamides is 1. The van der Waals surface area contributed by atoms with Gasteiger partial charge in [-0.25, -0.2) is 18.1 Å². The van der Waals surface area contributed by atoms with Gasteiger partial charge in [0, 0.05) is 12.6 Å². The van der Waals surface area contributed by atoms with Crippen molar-refractivity contribution in [3.05, 3.63) is 51.6 Å². The average molecular weight is 532 g/mol. The van der Waals surface area contributed by atoms with Crippen molar-refractivity contribution in [2.24, 2.45) is 16.1 Å². The highest BCUT2D eigenvalue weighted by Gasteiger charge is 2.32. The Balaban J connectivity index is 1.86. The van der Waals surface area contributed by atoms with E-state index in [-0.39, 0.29) is 45.4 Å². The number of rotatable bonds is 7. The highest BCUT2D eigenvalue weighted by molar-refractivity contribution is 7.90. The van der Waals surface area contributed by atoms with Crippen molar-refractivity contribution in [2.45, 2.75) is 38.6 Å². The van der Waals surface area contributed by atoms with Crippen LogP contribution in [0.15, 0.2) is 50.4 Å². The number of thiophene rings is 1. The molecule has 4 rings (SSSR count). The first kappa shape index (κ1) is 25.4. The molecule has 0 bridgehead atoms. The fourth-order valence-corrected chi connectivity index (χ4v) is 5.31. The molecule has 0 radical (unpaired) electrons. The lowest BCUT2D eigenvalue weighted by Gasteiger charge is -2.21. The maximum atomic E-state index is 13.4. The molecule has 1 aliphatic heterocycles. The summed E-state index contributed by atoms with van der Waals surface area (Å²) in [5.41, 5.74) is 4.18. The Morgan fingerprint density at radius 3 is 2.67 bits per heavy atom. The van der Waals surface area contributed by atoms with Crippen LogP contribution in [0.3, 0.4) is 0 Å². The summed E-state index contributed by atoms with van der Waals surface area (Å²) >= 11 is 1.32.